The second kappa shape index (κ2) is 2.83. The van der Waals surface area contributed by atoms with Gasteiger partial charge in [0.25, 0.3) is 0 Å². The van der Waals surface area contributed by atoms with Crippen LogP contribution in [0.25, 0.3) is 11.0 Å². The average molecular weight is 169 g/mol. The Morgan fingerprint density at radius 3 is 2.92 bits per heavy atom. The van der Waals surface area contributed by atoms with E-state index >= 15 is 0 Å². The van der Waals surface area contributed by atoms with Gasteiger partial charge in [0.2, 0.25) is 0 Å². The predicted octanol–water partition coefficient (Wildman–Crippen LogP) is 1.81. The number of nitrogens with zero attached hydrogens (tertiary/aromatic N) is 3. The minimum absolute atomic E-state index is 0.547. The Balaban J connectivity index is 2.77. The van der Waals surface area contributed by atoms with Gasteiger partial charge in [-0.2, -0.15) is 5.26 Å². The lowest BCUT2D eigenvalue weighted by molar-refractivity contribution is 1.23. The first-order chi connectivity index (χ1) is 6.29. The minimum atomic E-state index is 0.547. The molecule has 0 fully saturated rings. The molecular weight excluding hydrogens is 162 g/mol. The zero-order chi connectivity index (χ0) is 9.26. The zero-order valence-corrected chi connectivity index (χ0v) is 7.15. The maximum absolute atomic E-state index is 8.65. The second-order valence-electron chi connectivity index (χ2n) is 2.83. The predicted molar refractivity (Wildman–Crippen MR) is 49.0 cm³/mol. The molecule has 0 spiro atoms. The lowest BCUT2D eigenvalue weighted by Gasteiger charge is -1.97. The third-order valence-corrected chi connectivity index (χ3v) is 1.81. The summed E-state index contributed by atoms with van der Waals surface area (Å²) in [6.07, 6.45) is 1.55. The summed E-state index contributed by atoms with van der Waals surface area (Å²) in [6, 6.07) is 7.59. The minimum Gasteiger partial charge on any atom is -0.253 e. The van der Waals surface area contributed by atoms with E-state index in [0.29, 0.717) is 5.56 Å². The highest BCUT2D eigenvalue weighted by atomic mass is 14.7. The molecule has 0 amide bonds. The number of aromatic nitrogens is 2. The fourth-order valence-corrected chi connectivity index (χ4v) is 1.17. The molecule has 13 heavy (non-hydrogen) atoms. The fourth-order valence-electron chi connectivity index (χ4n) is 1.17. The van der Waals surface area contributed by atoms with Gasteiger partial charge in [-0.15, -0.1) is 0 Å². The molecule has 0 bridgehead atoms. The number of pyridine rings is 2. The van der Waals surface area contributed by atoms with Gasteiger partial charge >= 0.3 is 0 Å². The summed E-state index contributed by atoms with van der Waals surface area (Å²) < 4.78 is 0. The SMILES string of the molecule is Cc1ccc2ncc(C#N)cc2n1. The van der Waals surface area contributed by atoms with E-state index in [1.165, 1.54) is 0 Å². The maximum atomic E-state index is 8.65. The molecule has 0 aliphatic heterocycles. The van der Waals surface area contributed by atoms with Gasteiger partial charge in [0.15, 0.2) is 0 Å². The topological polar surface area (TPSA) is 49.6 Å². The normalized spacial score (nSPS) is 9.85. The summed E-state index contributed by atoms with van der Waals surface area (Å²) in [5.41, 5.74) is 3.08. The fraction of sp³-hybridized carbons (Fsp3) is 0.100. The number of hydrogen-bond acceptors (Lipinski definition) is 3. The van der Waals surface area contributed by atoms with E-state index in [1.807, 2.05) is 25.1 Å². The van der Waals surface area contributed by atoms with Crippen molar-refractivity contribution in [3.8, 4) is 6.07 Å². The first-order valence-corrected chi connectivity index (χ1v) is 3.93. The molecule has 2 aromatic heterocycles. The Morgan fingerprint density at radius 2 is 2.15 bits per heavy atom. The molecule has 2 heterocycles. The van der Waals surface area contributed by atoms with Crippen LogP contribution in [0, 0.1) is 18.3 Å². The van der Waals surface area contributed by atoms with E-state index in [2.05, 4.69) is 9.97 Å². The molecule has 0 saturated carbocycles. The van der Waals surface area contributed by atoms with Crippen molar-refractivity contribution in [3.63, 3.8) is 0 Å². The van der Waals surface area contributed by atoms with Gasteiger partial charge in [0, 0.05) is 11.9 Å². The van der Waals surface area contributed by atoms with E-state index in [-0.39, 0.29) is 0 Å². The Labute approximate surface area is 75.7 Å². The molecule has 0 atom stereocenters. The van der Waals surface area contributed by atoms with Crippen LogP contribution in [0.15, 0.2) is 24.4 Å². The number of nitriles is 1. The Morgan fingerprint density at radius 1 is 1.31 bits per heavy atom. The van der Waals surface area contributed by atoms with Gasteiger partial charge in [-0.3, -0.25) is 9.97 Å². The molecule has 0 radical (unpaired) electrons. The number of fused-ring (bicyclic) bond motifs is 1. The molecule has 0 aromatic carbocycles. The Hall–Kier alpha value is -1.95. The molecule has 0 unspecified atom stereocenters. The number of hydrogen-bond donors (Lipinski definition) is 0. The summed E-state index contributed by atoms with van der Waals surface area (Å²) in [5.74, 6) is 0. The molecule has 0 aliphatic carbocycles. The van der Waals surface area contributed by atoms with Gasteiger partial charge < -0.3 is 0 Å². The molecule has 0 saturated heterocycles. The third-order valence-electron chi connectivity index (χ3n) is 1.81. The quantitative estimate of drug-likeness (QED) is 0.604. The van der Waals surface area contributed by atoms with Crippen molar-refractivity contribution in [2.75, 3.05) is 0 Å². The van der Waals surface area contributed by atoms with Gasteiger partial charge in [-0.25, -0.2) is 0 Å². The van der Waals surface area contributed by atoms with E-state index in [9.17, 15) is 0 Å². The Kier molecular flexibility index (Phi) is 1.67. The summed E-state index contributed by atoms with van der Waals surface area (Å²) in [4.78, 5) is 8.38. The maximum Gasteiger partial charge on any atom is 0.101 e. The van der Waals surface area contributed by atoms with Gasteiger partial charge in [0.1, 0.15) is 6.07 Å². The lowest BCUT2D eigenvalue weighted by atomic mass is 10.2. The monoisotopic (exact) mass is 169 g/mol. The molecule has 0 N–H and O–H groups in total. The van der Waals surface area contributed by atoms with Gasteiger partial charge in [0.05, 0.1) is 16.6 Å². The highest BCUT2D eigenvalue weighted by Crippen LogP contribution is 2.10. The number of rotatable bonds is 0. The summed E-state index contributed by atoms with van der Waals surface area (Å²) in [7, 11) is 0. The standard InChI is InChI=1S/C10H7N3/c1-7-2-3-9-10(13-7)4-8(5-11)6-12-9/h2-4,6H,1H3. The Bertz CT molecular complexity index is 497. The average Bonchev–Trinajstić information content (AvgIpc) is 2.16. The van der Waals surface area contributed by atoms with Crippen LogP contribution in [0.4, 0.5) is 0 Å². The summed E-state index contributed by atoms with van der Waals surface area (Å²) in [5, 5.41) is 8.65. The summed E-state index contributed by atoms with van der Waals surface area (Å²) in [6.45, 7) is 1.92. The third kappa shape index (κ3) is 1.34. The van der Waals surface area contributed by atoms with E-state index < -0.39 is 0 Å². The van der Waals surface area contributed by atoms with Crippen molar-refractivity contribution in [2.24, 2.45) is 0 Å². The van der Waals surface area contributed by atoms with Crippen molar-refractivity contribution in [3.05, 3.63) is 35.7 Å². The lowest BCUT2D eigenvalue weighted by Crippen LogP contribution is -1.87. The van der Waals surface area contributed by atoms with Crippen molar-refractivity contribution >= 4 is 11.0 Å². The molecule has 0 aliphatic rings. The van der Waals surface area contributed by atoms with Crippen LogP contribution < -0.4 is 0 Å². The van der Waals surface area contributed by atoms with Crippen LogP contribution >= 0.6 is 0 Å². The number of aryl methyl sites for hydroxylation is 1. The van der Waals surface area contributed by atoms with Crippen molar-refractivity contribution in [2.45, 2.75) is 6.92 Å². The van der Waals surface area contributed by atoms with Crippen molar-refractivity contribution in [1.82, 2.24) is 9.97 Å². The van der Waals surface area contributed by atoms with Crippen LogP contribution in [0.1, 0.15) is 11.3 Å². The van der Waals surface area contributed by atoms with Crippen LogP contribution in [0.3, 0.4) is 0 Å². The molecular formula is C10H7N3. The van der Waals surface area contributed by atoms with Crippen LogP contribution in [-0.2, 0) is 0 Å². The second-order valence-corrected chi connectivity index (χ2v) is 2.83. The zero-order valence-electron chi connectivity index (χ0n) is 7.15. The van der Waals surface area contributed by atoms with E-state index in [0.717, 1.165) is 16.7 Å². The molecule has 2 rings (SSSR count). The van der Waals surface area contributed by atoms with E-state index in [4.69, 9.17) is 5.26 Å². The van der Waals surface area contributed by atoms with E-state index in [1.54, 1.807) is 12.3 Å². The first kappa shape index (κ1) is 7.69. The molecule has 62 valence electrons. The molecule has 3 nitrogen and oxygen atoms in total. The van der Waals surface area contributed by atoms with Crippen LogP contribution in [0.5, 0.6) is 0 Å². The first-order valence-electron chi connectivity index (χ1n) is 3.93. The molecule has 2 aromatic rings. The van der Waals surface area contributed by atoms with Gasteiger partial charge in [-0.05, 0) is 25.1 Å². The smallest absolute Gasteiger partial charge is 0.101 e. The molecule has 3 heteroatoms. The van der Waals surface area contributed by atoms with Crippen molar-refractivity contribution in [1.29, 1.82) is 5.26 Å². The van der Waals surface area contributed by atoms with Gasteiger partial charge in [-0.1, -0.05) is 0 Å². The van der Waals surface area contributed by atoms with Crippen LogP contribution in [-0.4, -0.2) is 9.97 Å². The highest BCUT2D eigenvalue weighted by Gasteiger charge is 1.97. The van der Waals surface area contributed by atoms with Crippen LogP contribution in [0.2, 0.25) is 0 Å². The van der Waals surface area contributed by atoms with Crippen molar-refractivity contribution < 1.29 is 0 Å². The summed E-state index contributed by atoms with van der Waals surface area (Å²) >= 11 is 0. The highest BCUT2D eigenvalue weighted by molar-refractivity contribution is 5.75. The largest absolute Gasteiger partial charge is 0.253 e.